The summed E-state index contributed by atoms with van der Waals surface area (Å²) in [5.74, 6) is 1.69. The quantitative estimate of drug-likeness (QED) is 0.686. The van der Waals surface area contributed by atoms with Crippen LogP contribution in [0.25, 0.3) is 0 Å². The van der Waals surface area contributed by atoms with Gasteiger partial charge in [-0.1, -0.05) is 58.4 Å². The number of aliphatic hydroxyl groups excluding tert-OH is 1. The molecule has 0 bridgehead atoms. The molecule has 0 amide bonds. The number of fused-ring (bicyclic) bond motifs is 1. The molecule has 0 heterocycles. The fraction of sp³-hybridized carbons (Fsp3) is 0.810. The van der Waals surface area contributed by atoms with Gasteiger partial charge in [0.25, 0.3) is 0 Å². The highest BCUT2D eigenvalue weighted by Crippen LogP contribution is 2.57. The molecule has 0 aromatic rings. The predicted molar refractivity (Wildman–Crippen MR) is 97.2 cm³/mol. The molecule has 0 aromatic carbocycles. The van der Waals surface area contributed by atoms with Gasteiger partial charge < -0.3 is 10.2 Å². The van der Waals surface area contributed by atoms with Gasteiger partial charge >= 0.3 is 0 Å². The molecule has 0 saturated heterocycles. The lowest BCUT2D eigenvalue weighted by Crippen LogP contribution is -2.41. The van der Waals surface area contributed by atoms with Gasteiger partial charge in [-0.3, -0.25) is 0 Å². The minimum Gasteiger partial charge on any atom is -0.393 e. The fourth-order valence-corrected chi connectivity index (χ4v) is 5.15. The molecule has 23 heavy (non-hydrogen) atoms. The Balaban J connectivity index is 1.99. The second-order valence-electron chi connectivity index (χ2n) is 8.17. The summed E-state index contributed by atoms with van der Waals surface area (Å²) in [6.07, 6.45) is 15.6. The van der Waals surface area contributed by atoms with Crippen LogP contribution in [0, 0.1) is 23.2 Å². The van der Waals surface area contributed by atoms with Crippen LogP contribution >= 0.6 is 0 Å². The van der Waals surface area contributed by atoms with Gasteiger partial charge in [0.05, 0.1) is 11.7 Å². The summed E-state index contributed by atoms with van der Waals surface area (Å²) in [5, 5.41) is 20.6. The molecule has 0 radical (unpaired) electrons. The highest BCUT2D eigenvalue weighted by Gasteiger charge is 2.51. The number of allylic oxidation sites excluding steroid dienone is 3. The van der Waals surface area contributed by atoms with Crippen LogP contribution in [-0.2, 0) is 0 Å². The van der Waals surface area contributed by atoms with Crippen LogP contribution in [0.4, 0.5) is 0 Å². The summed E-state index contributed by atoms with van der Waals surface area (Å²) in [7, 11) is 0. The maximum atomic E-state index is 10.3. The predicted octanol–water partition coefficient (Wildman–Crippen LogP) is 4.86. The van der Waals surface area contributed by atoms with Gasteiger partial charge in [0.2, 0.25) is 0 Å². The zero-order chi connectivity index (χ0) is 17.1. The van der Waals surface area contributed by atoms with Crippen LogP contribution in [-0.4, -0.2) is 21.9 Å². The second kappa shape index (κ2) is 7.53. The van der Waals surface area contributed by atoms with E-state index in [2.05, 4.69) is 26.0 Å². The maximum Gasteiger partial charge on any atom is 0.0825 e. The number of aliphatic hydroxyl groups is 2. The van der Waals surface area contributed by atoms with E-state index in [4.69, 9.17) is 0 Å². The van der Waals surface area contributed by atoms with Gasteiger partial charge in [0.15, 0.2) is 0 Å². The van der Waals surface area contributed by atoms with E-state index in [1.165, 1.54) is 25.7 Å². The minimum absolute atomic E-state index is 0.0843. The third kappa shape index (κ3) is 3.91. The van der Waals surface area contributed by atoms with E-state index >= 15 is 0 Å². The van der Waals surface area contributed by atoms with E-state index in [0.717, 1.165) is 19.3 Å². The molecule has 2 heteroatoms. The Labute approximate surface area is 142 Å². The average Bonchev–Trinajstić information content (AvgIpc) is 2.89. The van der Waals surface area contributed by atoms with E-state index < -0.39 is 5.60 Å². The standard InChI is InChI=1S/C21H36O2/c1-5-21(23,6-2)15-8-7-10-16(3)17-12-13-18-19(22)11-9-14-20(17,18)4/h7-8,10,15-19,22-23H,5-6,9,11-14H2,1-4H3/b10-7+,15-8+/t16-,17?,18?,19?,20?/m1/s1. The van der Waals surface area contributed by atoms with E-state index in [1.54, 1.807) is 0 Å². The third-order valence-corrected chi connectivity index (χ3v) is 6.95. The Kier molecular flexibility index (Phi) is 6.13. The first-order chi connectivity index (χ1) is 10.9. The van der Waals surface area contributed by atoms with Gasteiger partial charge in [-0.15, -0.1) is 0 Å². The molecular formula is C21H36O2. The van der Waals surface area contributed by atoms with Crippen molar-refractivity contribution in [3.05, 3.63) is 24.3 Å². The van der Waals surface area contributed by atoms with Crippen molar-refractivity contribution in [1.82, 2.24) is 0 Å². The Morgan fingerprint density at radius 2 is 1.87 bits per heavy atom. The summed E-state index contributed by atoms with van der Waals surface area (Å²) in [6.45, 7) is 8.77. The zero-order valence-electron chi connectivity index (χ0n) is 15.5. The zero-order valence-corrected chi connectivity index (χ0v) is 15.5. The molecule has 2 aliphatic carbocycles. The minimum atomic E-state index is -0.661. The lowest BCUT2D eigenvalue weighted by atomic mass is 9.62. The smallest absolute Gasteiger partial charge is 0.0825 e. The van der Waals surface area contributed by atoms with E-state index in [9.17, 15) is 10.2 Å². The summed E-state index contributed by atoms with van der Waals surface area (Å²) >= 11 is 0. The van der Waals surface area contributed by atoms with Crippen LogP contribution < -0.4 is 0 Å². The summed E-state index contributed by atoms with van der Waals surface area (Å²) in [6, 6.07) is 0. The van der Waals surface area contributed by atoms with Gasteiger partial charge in [-0.2, -0.15) is 0 Å². The van der Waals surface area contributed by atoms with Crippen molar-refractivity contribution in [2.24, 2.45) is 23.2 Å². The summed E-state index contributed by atoms with van der Waals surface area (Å²) < 4.78 is 0. The average molecular weight is 321 g/mol. The van der Waals surface area contributed by atoms with Crippen LogP contribution in [0.3, 0.4) is 0 Å². The second-order valence-corrected chi connectivity index (χ2v) is 8.17. The molecule has 2 aliphatic rings. The molecule has 2 nitrogen and oxygen atoms in total. The summed E-state index contributed by atoms with van der Waals surface area (Å²) in [4.78, 5) is 0. The fourth-order valence-electron chi connectivity index (χ4n) is 5.15. The molecule has 5 atom stereocenters. The van der Waals surface area contributed by atoms with Gasteiger partial charge in [0.1, 0.15) is 0 Å². The Hall–Kier alpha value is -0.600. The number of rotatable bonds is 6. The lowest BCUT2D eigenvalue weighted by Gasteiger charge is -2.44. The van der Waals surface area contributed by atoms with Crippen molar-refractivity contribution in [1.29, 1.82) is 0 Å². The molecule has 0 spiro atoms. The monoisotopic (exact) mass is 320 g/mol. The van der Waals surface area contributed by atoms with Crippen LogP contribution in [0.15, 0.2) is 24.3 Å². The highest BCUT2D eigenvalue weighted by atomic mass is 16.3. The van der Waals surface area contributed by atoms with Crippen molar-refractivity contribution in [3.63, 3.8) is 0 Å². The Morgan fingerprint density at radius 3 is 2.52 bits per heavy atom. The highest BCUT2D eigenvalue weighted by molar-refractivity contribution is 5.12. The molecule has 0 aromatic heterocycles. The third-order valence-electron chi connectivity index (χ3n) is 6.95. The van der Waals surface area contributed by atoms with Crippen molar-refractivity contribution in [2.75, 3.05) is 0 Å². The van der Waals surface area contributed by atoms with Crippen LogP contribution in [0.2, 0.25) is 0 Å². The molecule has 2 fully saturated rings. The van der Waals surface area contributed by atoms with Crippen LogP contribution in [0.5, 0.6) is 0 Å². The first-order valence-corrected chi connectivity index (χ1v) is 9.62. The van der Waals surface area contributed by atoms with E-state index in [0.29, 0.717) is 23.2 Å². The first-order valence-electron chi connectivity index (χ1n) is 9.62. The molecule has 2 N–H and O–H groups in total. The topological polar surface area (TPSA) is 40.5 Å². The number of hydrogen-bond donors (Lipinski definition) is 2. The molecule has 132 valence electrons. The van der Waals surface area contributed by atoms with E-state index in [-0.39, 0.29) is 6.10 Å². The van der Waals surface area contributed by atoms with Gasteiger partial charge in [-0.25, -0.2) is 0 Å². The normalized spacial score (nSPS) is 36.7. The first kappa shape index (κ1) is 18.7. The molecule has 4 unspecified atom stereocenters. The van der Waals surface area contributed by atoms with Crippen molar-refractivity contribution < 1.29 is 10.2 Å². The molecular weight excluding hydrogens is 284 g/mol. The molecule has 0 aliphatic heterocycles. The van der Waals surface area contributed by atoms with Crippen molar-refractivity contribution in [2.45, 2.75) is 84.3 Å². The molecule has 2 rings (SSSR count). The van der Waals surface area contributed by atoms with Crippen molar-refractivity contribution >= 4 is 0 Å². The van der Waals surface area contributed by atoms with Crippen LogP contribution in [0.1, 0.15) is 72.6 Å². The lowest BCUT2D eigenvalue weighted by molar-refractivity contribution is -0.0231. The van der Waals surface area contributed by atoms with Gasteiger partial charge in [-0.05, 0) is 61.7 Å². The number of hydrogen-bond acceptors (Lipinski definition) is 2. The van der Waals surface area contributed by atoms with Crippen molar-refractivity contribution in [3.8, 4) is 0 Å². The maximum absolute atomic E-state index is 10.3. The largest absolute Gasteiger partial charge is 0.393 e. The Morgan fingerprint density at radius 1 is 1.17 bits per heavy atom. The molecule has 2 saturated carbocycles. The SMILES string of the molecule is CCC(O)(/C=C/C=C/[C@@H](C)C1CCC2C(O)CCCC21C)CC. The summed E-state index contributed by atoms with van der Waals surface area (Å²) in [5.41, 5.74) is -0.357. The Bertz CT molecular complexity index is 435. The van der Waals surface area contributed by atoms with E-state index in [1.807, 2.05) is 26.0 Å². The van der Waals surface area contributed by atoms with Gasteiger partial charge in [0, 0.05) is 0 Å².